The van der Waals surface area contributed by atoms with Gasteiger partial charge in [0.25, 0.3) is 11.8 Å². The molecule has 0 aliphatic heterocycles. The summed E-state index contributed by atoms with van der Waals surface area (Å²) in [6.07, 6.45) is 0. The molecule has 0 bridgehead atoms. The zero-order chi connectivity index (χ0) is 23.8. The van der Waals surface area contributed by atoms with E-state index in [1.165, 1.54) is 0 Å². The highest BCUT2D eigenvalue weighted by Gasteiger charge is 2.16. The SMILES string of the molecule is CC(C)COc1ccc(Br)cc1C(=O)NC(=S)NNC(=O)COc1cccc2ccccc12. The lowest BCUT2D eigenvalue weighted by atomic mass is 10.1. The number of thiocarbonyl (C=S) groups is 1. The van der Waals surface area contributed by atoms with Crippen molar-refractivity contribution in [2.45, 2.75) is 13.8 Å². The smallest absolute Gasteiger partial charge is 0.276 e. The molecule has 9 heteroatoms. The minimum absolute atomic E-state index is 0.0618. The zero-order valence-electron chi connectivity index (χ0n) is 18.2. The second kappa shape index (κ2) is 11.6. The van der Waals surface area contributed by atoms with Crippen LogP contribution in [0.2, 0.25) is 0 Å². The van der Waals surface area contributed by atoms with Crippen LogP contribution >= 0.6 is 28.1 Å². The molecule has 2 amide bonds. The first kappa shape index (κ1) is 24.5. The highest BCUT2D eigenvalue weighted by molar-refractivity contribution is 9.10. The quantitative estimate of drug-likeness (QED) is 0.311. The van der Waals surface area contributed by atoms with Crippen LogP contribution in [0.25, 0.3) is 10.8 Å². The molecule has 0 saturated heterocycles. The molecular weight excluding hydrogens is 506 g/mol. The summed E-state index contributed by atoms with van der Waals surface area (Å²) in [6.45, 7) is 4.28. The summed E-state index contributed by atoms with van der Waals surface area (Å²) in [5, 5.41) is 4.39. The summed E-state index contributed by atoms with van der Waals surface area (Å²) in [4.78, 5) is 24.8. The largest absolute Gasteiger partial charge is 0.492 e. The number of halogens is 1. The van der Waals surface area contributed by atoms with Gasteiger partial charge < -0.3 is 9.47 Å². The second-order valence-electron chi connectivity index (χ2n) is 7.57. The molecule has 0 fully saturated rings. The molecule has 3 aromatic carbocycles. The van der Waals surface area contributed by atoms with Crippen molar-refractivity contribution in [3.8, 4) is 11.5 Å². The summed E-state index contributed by atoms with van der Waals surface area (Å²) < 4.78 is 12.1. The Kier molecular flexibility index (Phi) is 8.62. The van der Waals surface area contributed by atoms with Crippen LogP contribution in [0.3, 0.4) is 0 Å². The number of hydrogen-bond donors (Lipinski definition) is 3. The van der Waals surface area contributed by atoms with Gasteiger partial charge in [0.2, 0.25) is 0 Å². The lowest BCUT2D eigenvalue weighted by molar-refractivity contribution is -0.123. The van der Waals surface area contributed by atoms with E-state index in [2.05, 4.69) is 32.1 Å². The Morgan fingerprint density at radius 1 is 0.970 bits per heavy atom. The fraction of sp³-hybridized carbons (Fsp3) is 0.208. The maximum Gasteiger partial charge on any atom is 0.276 e. The standard InChI is InChI=1S/C24H24BrN3O4S/c1-15(2)13-31-21-11-10-17(25)12-19(21)23(30)26-24(33)28-27-22(29)14-32-20-9-5-7-16-6-3-4-8-18(16)20/h3-12,15H,13-14H2,1-2H3,(H,27,29)(H2,26,28,30,33). The van der Waals surface area contributed by atoms with E-state index in [0.29, 0.717) is 29.6 Å². The van der Waals surface area contributed by atoms with Crippen molar-refractivity contribution >= 4 is 55.8 Å². The van der Waals surface area contributed by atoms with E-state index < -0.39 is 11.8 Å². The van der Waals surface area contributed by atoms with E-state index in [1.807, 2.05) is 50.2 Å². The number of amides is 2. The van der Waals surface area contributed by atoms with Gasteiger partial charge in [0.1, 0.15) is 11.5 Å². The number of nitrogens with one attached hydrogen (secondary N) is 3. The first-order chi connectivity index (χ1) is 15.8. The summed E-state index contributed by atoms with van der Waals surface area (Å²) in [5.74, 6) is 0.429. The van der Waals surface area contributed by atoms with Gasteiger partial charge in [-0.3, -0.25) is 25.8 Å². The summed E-state index contributed by atoms with van der Waals surface area (Å²) >= 11 is 8.48. The molecular formula is C24H24BrN3O4S. The number of hydrazine groups is 1. The summed E-state index contributed by atoms with van der Waals surface area (Å²) in [6, 6.07) is 18.5. The number of benzene rings is 3. The van der Waals surface area contributed by atoms with Crippen LogP contribution in [0.5, 0.6) is 11.5 Å². The third-order valence-corrected chi connectivity index (χ3v) is 5.11. The first-order valence-corrected chi connectivity index (χ1v) is 11.5. The Bertz CT molecular complexity index is 1160. The van der Waals surface area contributed by atoms with E-state index in [4.69, 9.17) is 21.7 Å². The molecule has 0 unspecified atom stereocenters. The molecule has 3 aromatic rings. The van der Waals surface area contributed by atoms with Gasteiger partial charge in [-0.05, 0) is 47.8 Å². The molecule has 0 spiro atoms. The van der Waals surface area contributed by atoms with E-state index in [1.54, 1.807) is 24.3 Å². The van der Waals surface area contributed by atoms with Crippen molar-refractivity contribution in [2.24, 2.45) is 5.92 Å². The lowest BCUT2D eigenvalue weighted by Gasteiger charge is -2.15. The van der Waals surface area contributed by atoms with Crippen molar-refractivity contribution in [1.82, 2.24) is 16.2 Å². The molecule has 3 N–H and O–H groups in total. The highest BCUT2D eigenvalue weighted by Crippen LogP contribution is 2.25. The monoisotopic (exact) mass is 529 g/mol. The third kappa shape index (κ3) is 7.16. The van der Waals surface area contributed by atoms with Crippen LogP contribution < -0.4 is 25.6 Å². The van der Waals surface area contributed by atoms with Crippen LogP contribution in [-0.2, 0) is 4.79 Å². The maximum absolute atomic E-state index is 12.7. The maximum atomic E-state index is 12.7. The molecule has 3 rings (SSSR count). The molecule has 0 aromatic heterocycles. The third-order valence-electron chi connectivity index (χ3n) is 4.41. The molecule has 0 atom stereocenters. The summed E-state index contributed by atoms with van der Waals surface area (Å²) in [7, 11) is 0. The fourth-order valence-electron chi connectivity index (χ4n) is 2.89. The van der Waals surface area contributed by atoms with E-state index in [0.717, 1.165) is 15.2 Å². The molecule has 0 saturated carbocycles. The number of hydrogen-bond acceptors (Lipinski definition) is 5. The molecule has 0 heterocycles. The first-order valence-electron chi connectivity index (χ1n) is 10.3. The molecule has 172 valence electrons. The van der Waals surface area contributed by atoms with Gasteiger partial charge in [-0.2, -0.15) is 0 Å². The lowest BCUT2D eigenvalue weighted by Crippen LogP contribution is -2.49. The molecule has 33 heavy (non-hydrogen) atoms. The van der Waals surface area contributed by atoms with E-state index >= 15 is 0 Å². The molecule has 0 aliphatic rings. The Morgan fingerprint density at radius 2 is 1.73 bits per heavy atom. The second-order valence-corrected chi connectivity index (χ2v) is 8.89. The molecule has 0 aliphatic carbocycles. The Morgan fingerprint density at radius 3 is 2.52 bits per heavy atom. The Balaban J connectivity index is 1.51. The van der Waals surface area contributed by atoms with Gasteiger partial charge in [0, 0.05) is 9.86 Å². The Hall–Kier alpha value is -3.17. The number of carbonyl (C=O) groups is 2. The van der Waals surface area contributed by atoms with Gasteiger partial charge in [-0.25, -0.2) is 0 Å². The highest BCUT2D eigenvalue weighted by atomic mass is 79.9. The predicted octanol–water partition coefficient (Wildman–Crippen LogP) is 4.35. The molecule has 0 radical (unpaired) electrons. The molecule has 7 nitrogen and oxygen atoms in total. The Labute approximate surface area is 205 Å². The van der Waals surface area contributed by atoms with Crippen LogP contribution in [-0.4, -0.2) is 30.1 Å². The van der Waals surface area contributed by atoms with Gasteiger partial charge >= 0.3 is 0 Å². The van der Waals surface area contributed by atoms with Crippen molar-refractivity contribution < 1.29 is 19.1 Å². The number of carbonyl (C=O) groups excluding carboxylic acids is 2. The minimum Gasteiger partial charge on any atom is -0.492 e. The van der Waals surface area contributed by atoms with E-state index in [-0.39, 0.29) is 11.7 Å². The van der Waals surface area contributed by atoms with Crippen molar-refractivity contribution in [3.63, 3.8) is 0 Å². The van der Waals surface area contributed by atoms with Gasteiger partial charge in [-0.1, -0.05) is 66.2 Å². The van der Waals surface area contributed by atoms with Gasteiger partial charge in [0.05, 0.1) is 12.2 Å². The van der Waals surface area contributed by atoms with Crippen molar-refractivity contribution in [2.75, 3.05) is 13.2 Å². The van der Waals surface area contributed by atoms with Crippen LogP contribution in [0.15, 0.2) is 65.1 Å². The van der Waals surface area contributed by atoms with Crippen LogP contribution in [0, 0.1) is 5.92 Å². The predicted molar refractivity (Wildman–Crippen MR) is 135 cm³/mol. The topological polar surface area (TPSA) is 88.7 Å². The summed E-state index contributed by atoms with van der Waals surface area (Å²) in [5.41, 5.74) is 5.24. The number of ether oxygens (including phenoxy) is 2. The van der Waals surface area contributed by atoms with Gasteiger partial charge in [-0.15, -0.1) is 0 Å². The fourth-order valence-corrected chi connectivity index (χ4v) is 3.40. The normalized spacial score (nSPS) is 10.5. The minimum atomic E-state index is -0.464. The number of rotatable bonds is 7. The van der Waals surface area contributed by atoms with Crippen molar-refractivity contribution in [3.05, 3.63) is 70.7 Å². The zero-order valence-corrected chi connectivity index (χ0v) is 20.6. The van der Waals surface area contributed by atoms with Crippen molar-refractivity contribution in [1.29, 1.82) is 0 Å². The van der Waals surface area contributed by atoms with Gasteiger partial charge in [0.15, 0.2) is 11.7 Å². The van der Waals surface area contributed by atoms with Crippen LogP contribution in [0.4, 0.5) is 0 Å². The average Bonchev–Trinajstić information content (AvgIpc) is 2.80. The van der Waals surface area contributed by atoms with E-state index in [9.17, 15) is 9.59 Å². The van der Waals surface area contributed by atoms with Crippen LogP contribution in [0.1, 0.15) is 24.2 Å². The number of fused-ring (bicyclic) bond motifs is 1. The average molecular weight is 530 g/mol.